The molecule has 1 aliphatic heterocycles. The molecule has 0 spiro atoms. The van der Waals surface area contributed by atoms with Crippen molar-refractivity contribution in [1.29, 1.82) is 0 Å². The number of halogens is 3. The van der Waals surface area contributed by atoms with Gasteiger partial charge in [0.1, 0.15) is 0 Å². The van der Waals surface area contributed by atoms with Crippen LogP contribution in [0.3, 0.4) is 0 Å². The van der Waals surface area contributed by atoms with E-state index in [1.807, 2.05) is 0 Å². The number of aromatic nitrogens is 2. The van der Waals surface area contributed by atoms with Crippen LogP contribution in [0.15, 0.2) is 4.52 Å². The molecule has 1 aromatic rings. The number of alkyl halides is 3. The maximum Gasteiger partial charge on any atom is 0.455 e. The van der Waals surface area contributed by atoms with E-state index in [-0.39, 0.29) is 5.89 Å². The van der Waals surface area contributed by atoms with Crippen LogP contribution in [0.2, 0.25) is 0 Å². The van der Waals surface area contributed by atoms with Crippen LogP contribution >= 0.6 is 0 Å². The summed E-state index contributed by atoms with van der Waals surface area (Å²) in [4.78, 5) is 3.37. The lowest BCUT2D eigenvalue weighted by Crippen LogP contribution is -2.33. The summed E-state index contributed by atoms with van der Waals surface area (Å²) in [6.45, 7) is 2.51. The Morgan fingerprint density at radius 3 is 2.67 bits per heavy atom. The van der Waals surface area contributed by atoms with Gasteiger partial charge in [0.2, 0.25) is 5.89 Å². The lowest BCUT2D eigenvalue weighted by Gasteiger charge is -2.18. The maximum absolute atomic E-state index is 12.2. The molecule has 7 heteroatoms. The first kappa shape index (κ1) is 10.4. The molecule has 0 radical (unpaired) electrons. The van der Waals surface area contributed by atoms with Crippen LogP contribution < -0.4 is 5.32 Å². The maximum atomic E-state index is 12.2. The highest BCUT2D eigenvalue weighted by molar-refractivity contribution is 5.05. The lowest BCUT2D eigenvalue weighted by atomic mass is 10.0. The Labute approximate surface area is 83.8 Å². The average Bonchev–Trinajstić information content (AvgIpc) is 2.69. The van der Waals surface area contributed by atoms with Crippen LogP contribution in [0.5, 0.6) is 0 Å². The Bertz CT molecular complexity index is 354. The lowest BCUT2D eigenvalue weighted by molar-refractivity contribution is -0.146. The first-order valence-corrected chi connectivity index (χ1v) is 4.58. The minimum atomic E-state index is -4.54. The van der Waals surface area contributed by atoms with Crippen molar-refractivity contribution in [3.8, 4) is 0 Å². The van der Waals surface area contributed by atoms with Gasteiger partial charge in [-0.05, 0) is 26.3 Å². The molecule has 1 atom stereocenters. The van der Waals surface area contributed by atoms with Gasteiger partial charge in [-0.2, -0.15) is 18.2 Å². The third-order valence-corrected chi connectivity index (χ3v) is 2.52. The molecule has 1 N–H and O–H groups in total. The van der Waals surface area contributed by atoms with E-state index in [1.165, 1.54) is 0 Å². The SMILES string of the molecule is CC1(c2nc(C(F)(F)F)no2)CCCN1. The molecule has 0 aliphatic carbocycles. The van der Waals surface area contributed by atoms with Crippen molar-refractivity contribution in [1.82, 2.24) is 15.5 Å². The van der Waals surface area contributed by atoms with E-state index in [0.717, 1.165) is 13.0 Å². The van der Waals surface area contributed by atoms with Crippen LogP contribution in [-0.2, 0) is 11.7 Å². The van der Waals surface area contributed by atoms with Gasteiger partial charge in [0.05, 0.1) is 5.54 Å². The van der Waals surface area contributed by atoms with E-state index in [4.69, 9.17) is 0 Å². The van der Waals surface area contributed by atoms with Gasteiger partial charge in [0.15, 0.2) is 0 Å². The van der Waals surface area contributed by atoms with Gasteiger partial charge in [-0.15, -0.1) is 0 Å². The van der Waals surface area contributed by atoms with Crippen molar-refractivity contribution in [2.24, 2.45) is 0 Å². The van der Waals surface area contributed by atoms with Crippen LogP contribution in [0.4, 0.5) is 13.2 Å². The summed E-state index contributed by atoms with van der Waals surface area (Å²) in [6, 6.07) is 0. The molecule has 0 aromatic carbocycles. The quantitative estimate of drug-likeness (QED) is 0.783. The standard InChI is InChI=1S/C8H10F3N3O/c1-7(3-2-4-12-7)6-13-5(14-15-6)8(9,10)11/h12H,2-4H2,1H3. The normalized spacial score (nSPS) is 27.2. The van der Waals surface area contributed by atoms with E-state index in [0.29, 0.717) is 6.42 Å². The number of hydrogen-bond donors (Lipinski definition) is 1. The van der Waals surface area contributed by atoms with Crippen molar-refractivity contribution in [3.05, 3.63) is 11.7 Å². The van der Waals surface area contributed by atoms with Crippen molar-refractivity contribution >= 4 is 0 Å². The molecule has 0 bridgehead atoms. The average molecular weight is 221 g/mol. The molecule has 1 aromatic heterocycles. The molecule has 2 rings (SSSR count). The highest BCUT2D eigenvalue weighted by Gasteiger charge is 2.41. The van der Waals surface area contributed by atoms with Gasteiger partial charge in [-0.1, -0.05) is 5.16 Å². The minimum Gasteiger partial charge on any atom is -0.337 e. The summed E-state index contributed by atoms with van der Waals surface area (Å²) in [7, 11) is 0. The molecule has 4 nitrogen and oxygen atoms in total. The second-order valence-corrected chi connectivity index (χ2v) is 3.78. The van der Waals surface area contributed by atoms with Gasteiger partial charge in [0, 0.05) is 0 Å². The van der Waals surface area contributed by atoms with Crippen LogP contribution in [0.1, 0.15) is 31.5 Å². The van der Waals surface area contributed by atoms with E-state index >= 15 is 0 Å². The summed E-state index contributed by atoms with van der Waals surface area (Å²) in [5.74, 6) is -1.21. The largest absolute Gasteiger partial charge is 0.455 e. The molecule has 1 saturated heterocycles. The Balaban J connectivity index is 2.27. The van der Waals surface area contributed by atoms with Gasteiger partial charge in [-0.3, -0.25) is 0 Å². The fourth-order valence-corrected chi connectivity index (χ4v) is 1.64. The second-order valence-electron chi connectivity index (χ2n) is 3.78. The highest BCUT2D eigenvalue weighted by atomic mass is 19.4. The van der Waals surface area contributed by atoms with Gasteiger partial charge in [0.25, 0.3) is 5.82 Å². The summed E-state index contributed by atoms with van der Waals surface area (Å²) in [5.41, 5.74) is -0.615. The summed E-state index contributed by atoms with van der Waals surface area (Å²) in [6.07, 6.45) is -2.95. The van der Waals surface area contributed by atoms with E-state index in [9.17, 15) is 13.2 Å². The van der Waals surface area contributed by atoms with Crippen molar-refractivity contribution in [2.75, 3.05) is 6.54 Å². The van der Waals surface area contributed by atoms with Crippen molar-refractivity contribution in [3.63, 3.8) is 0 Å². The zero-order chi connectivity index (χ0) is 11.1. The van der Waals surface area contributed by atoms with Gasteiger partial charge >= 0.3 is 6.18 Å². The number of hydrogen-bond acceptors (Lipinski definition) is 4. The minimum absolute atomic E-state index is 0.00678. The molecule has 15 heavy (non-hydrogen) atoms. The molecular weight excluding hydrogens is 211 g/mol. The Hall–Kier alpha value is -1.11. The van der Waals surface area contributed by atoms with E-state index in [2.05, 4.69) is 20.0 Å². The summed E-state index contributed by atoms with van der Waals surface area (Å²) in [5, 5.41) is 5.98. The van der Waals surface area contributed by atoms with Crippen LogP contribution in [-0.4, -0.2) is 16.7 Å². The molecule has 0 saturated carbocycles. The molecule has 1 aliphatic rings. The summed E-state index contributed by atoms with van der Waals surface area (Å²) < 4.78 is 41.3. The molecule has 84 valence electrons. The predicted octanol–water partition coefficient (Wildman–Crippen LogP) is 1.69. The smallest absolute Gasteiger partial charge is 0.337 e. The zero-order valence-electron chi connectivity index (χ0n) is 8.06. The number of nitrogens with one attached hydrogen (secondary N) is 1. The Morgan fingerprint density at radius 1 is 1.47 bits per heavy atom. The molecular formula is C8H10F3N3O. The second kappa shape index (κ2) is 3.19. The number of rotatable bonds is 1. The highest BCUT2D eigenvalue weighted by Crippen LogP contribution is 2.32. The van der Waals surface area contributed by atoms with E-state index in [1.54, 1.807) is 6.92 Å². The first-order chi connectivity index (χ1) is 6.92. The number of nitrogens with zero attached hydrogens (tertiary/aromatic N) is 2. The Morgan fingerprint density at radius 2 is 2.20 bits per heavy atom. The molecule has 1 fully saturated rings. The molecule has 0 amide bonds. The molecule has 2 heterocycles. The fourth-order valence-electron chi connectivity index (χ4n) is 1.64. The van der Waals surface area contributed by atoms with Crippen molar-refractivity contribution < 1.29 is 17.7 Å². The van der Waals surface area contributed by atoms with Gasteiger partial charge in [-0.25, -0.2) is 0 Å². The fraction of sp³-hybridized carbons (Fsp3) is 0.750. The first-order valence-electron chi connectivity index (χ1n) is 4.58. The van der Waals surface area contributed by atoms with Gasteiger partial charge < -0.3 is 9.84 Å². The molecule has 1 unspecified atom stereocenters. The van der Waals surface area contributed by atoms with Crippen molar-refractivity contribution in [2.45, 2.75) is 31.5 Å². The third kappa shape index (κ3) is 1.83. The van der Waals surface area contributed by atoms with Crippen LogP contribution in [0, 0.1) is 0 Å². The monoisotopic (exact) mass is 221 g/mol. The van der Waals surface area contributed by atoms with Crippen LogP contribution in [0.25, 0.3) is 0 Å². The Kier molecular flexibility index (Phi) is 2.22. The third-order valence-electron chi connectivity index (χ3n) is 2.52. The topological polar surface area (TPSA) is 51.0 Å². The summed E-state index contributed by atoms with van der Waals surface area (Å²) >= 11 is 0. The zero-order valence-corrected chi connectivity index (χ0v) is 8.06. The van der Waals surface area contributed by atoms with E-state index < -0.39 is 17.5 Å². The predicted molar refractivity (Wildman–Crippen MR) is 43.9 cm³/mol.